The van der Waals surface area contributed by atoms with Crippen LogP contribution in [0, 0.1) is 5.82 Å². The molecule has 3 heterocycles. The number of methoxy groups -OCH3 is 1. The molecule has 0 aliphatic carbocycles. The fraction of sp³-hybridized carbons (Fsp3) is 0.250. The van der Waals surface area contributed by atoms with Gasteiger partial charge >= 0.3 is 6.18 Å². The van der Waals surface area contributed by atoms with E-state index >= 15 is 0 Å². The van der Waals surface area contributed by atoms with Gasteiger partial charge in [0.15, 0.2) is 22.2 Å². The number of pyridine rings is 1. The third-order valence-corrected chi connectivity index (χ3v) is 6.09. The highest BCUT2D eigenvalue weighted by atomic mass is 35.5. The molecule has 4 rings (SSSR count). The van der Waals surface area contributed by atoms with Gasteiger partial charge in [-0.15, -0.1) is 10.2 Å². The van der Waals surface area contributed by atoms with Crippen molar-refractivity contribution in [2.75, 3.05) is 20.3 Å². The normalized spacial score (nSPS) is 12.9. The van der Waals surface area contributed by atoms with Crippen molar-refractivity contribution in [3.05, 3.63) is 52.0 Å². The first-order chi connectivity index (χ1) is 16.1. The SMILES string of the molecule is COCC(O)COc1cc(Cl)c(-c2nnc(-c3cn4cc(C(F)(F)F)cc(Cl)c4n3)s2)cc1F. The zero-order valence-electron chi connectivity index (χ0n) is 17.1. The summed E-state index contributed by atoms with van der Waals surface area (Å²) in [5.74, 6) is -0.899. The van der Waals surface area contributed by atoms with Gasteiger partial charge in [0.25, 0.3) is 0 Å². The van der Waals surface area contributed by atoms with Crippen LogP contribution in [-0.2, 0) is 10.9 Å². The van der Waals surface area contributed by atoms with Gasteiger partial charge in [-0.05, 0) is 12.1 Å². The van der Waals surface area contributed by atoms with Crippen LogP contribution in [0.5, 0.6) is 5.75 Å². The number of benzene rings is 1. The second-order valence-electron chi connectivity index (χ2n) is 7.03. The summed E-state index contributed by atoms with van der Waals surface area (Å²) >= 11 is 13.3. The van der Waals surface area contributed by atoms with Crippen molar-refractivity contribution < 1.29 is 32.1 Å². The predicted molar refractivity (Wildman–Crippen MR) is 118 cm³/mol. The molecule has 14 heteroatoms. The van der Waals surface area contributed by atoms with Crippen LogP contribution >= 0.6 is 34.5 Å². The summed E-state index contributed by atoms with van der Waals surface area (Å²) in [6.07, 6.45) is -3.31. The van der Waals surface area contributed by atoms with Crippen LogP contribution in [0.15, 0.2) is 30.6 Å². The second kappa shape index (κ2) is 9.62. The molecule has 0 radical (unpaired) electrons. The lowest BCUT2D eigenvalue weighted by Gasteiger charge is -2.13. The number of hydrogen-bond acceptors (Lipinski definition) is 7. The third-order valence-electron chi connectivity index (χ3n) is 4.52. The van der Waals surface area contributed by atoms with Crippen LogP contribution in [0.25, 0.3) is 26.9 Å². The maximum Gasteiger partial charge on any atom is 0.417 e. The molecule has 0 saturated heterocycles. The number of nitrogens with zero attached hydrogens (tertiary/aromatic N) is 4. The van der Waals surface area contributed by atoms with E-state index in [0.29, 0.717) is 0 Å². The van der Waals surface area contributed by atoms with E-state index in [9.17, 15) is 22.7 Å². The second-order valence-corrected chi connectivity index (χ2v) is 8.82. The third kappa shape index (κ3) is 5.10. The predicted octanol–water partition coefficient (Wildman–Crippen LogP) is 5.37. The van der Waals surface area contributed by atoms with E-state index in [1.807, 2.05) is 0 Å². The number of ether oxygens (including phenoxy) is 2. The van der Waals surface area contributed by atoms with Crippen LogP contribution in [0.1, 0.15) is 5.56 Å². The van der Waals surface area contributed by atoms with Gasteiger partial charge in [0, 0.05) is 31.1 Å². The van der Waals surface area contributed by atoms with Crippen LogP contribution in [-0.4, -0.2) is 51.1 Å². The van der Waals surface area contributed by atoms with Crippen molar-refractivity contribution >= 4 is 40.2 Å². The summed E-state index contributed by atoms with van der Waals surface area (Å²) in [4.78, 5) is 4.23. The van der Waals surface area contributed by atoms with Gasteiger partial charge in [0.2, 0.25) is 0 Å². The Bertz CT molecular complexity index is 1350. The van der Waals surface area contributed by atoms with E-state index in [0.717, 1.165) is 34.1 Å². The van der Waals surface area contributed by atoms with Gasteiger partial charge in [-0.1, -0.05) is 34.5 Å². The summed E-state index contributed by atoms with van der Waals surface area (Å²) < 4.78 is 64.9. The van der Waals surface area contributed by atoms with Crippen LogP contribution in [0.3, 0.4) is 0 Å². The summed E-state index contributed by atoms with van der Waals surface area (Å²) in [5.41, 5.74) is -0.351. The topological polar surface area (TPSA) is 81.8 Å². The van der Waals surface area contributed by atoms with Crippen molar-refractivity contribution in [2.24, 2.45) is 0 Å². The maximum atomic E-state index is 14.5. The number of aliphatic hydroxyl groups excluding tert-OH is 1. The standard InChI is InChI=1S/C20H14Cl2F4N4O3S/c1-32-7-10(31)8-33-16-4-12(21)11(3-14(16)23)18-28-29-19(34-18)15-6-30-5-9(20(24,25)26)2-13(22)17(30)27-15/h2-6,10,31H,7-8H2,1H3. The van der Waals surface area contributed by atoms with E-state index in [4.69, 9.17) is 32.7 Å². The van der Waals surface area contributed by atoms with Gasteiger partial charge in [0.1, 0.15) is 23.4 Å². The smallest absolute Gasteiger partial charge is 0.417 e. The number of aromatic nitrogens is 4. The van der Waals surface area contributed by atoms with Gasteiger partial charge in [-0.25, -0.2) is 9.37 Å². The number of hydrogen-bond donors (Lipinski definition) is 1. The largest absolute Gasteiger partial charge is 0.488 e. The summed E-state index contributed by atoms with van der Waals surface area (Å²) in [6.45, 7) is -0.178. The Morgan fingerprint density at radius 2 is 1.82 bits per heavy atom. The number of rotatable bonds is 7. The van der Waals surface area contributed by atoms with Gasteiger partial charge in [0.05, 0.1) is 22.2 Å². The van der Waals surface area contributed by atoms with Crippen molar-refractivity contribution in [1.82, 2.24) is 19.6 Å². The molecule has 3 aromatic heterocycles. The van der Waals surface area contributed by atoms with Gasteiger partial charge < -0.3 is 19.0 Å². The molecule has 0 aliphatic heterocycles. The van der Waals surface area contributed by atoms with E-state index < -0.39 is 23.7 Å². The lowest BCUT2D eigenvalue weighted by molar-refractivity contribution is -0.137. The lowest BCUT2D eigenvalue weighted by atomic mass is 10.2. The molecule has 180 valence electrons. The Morgan fingerprint density at radius 1 is 1.09 bits per heavy atom. The number of halogens is 6. The molecular weight excluding hydrogens is 523 g/mol. The van der Waals surface area contributed by atoms with E-state index in [-0.39, 0.29) is 55.9 Å². The molecule has 0 amide bonds. The Balaban J connectivity index is 1.62. The van der Waals surface area contributed by atoms with Gasteiger partial charge in [-0.3, -0.25) is 0 Å². The molecule has 1 atom stereocenters. The molecule has 0 fully saturated rings. The highest BCUT2D eigenvalue weighted by molar-refractivity contribution is 7.18. The minimum Gasteiger partial charge on any atom is -0.488 e. The lowest BCUT2D eigenvalue weighted by Crippen LogP contribution is -2.22. The monoisotopic (exact) mass is 536 g/mol. The Hall–Kier alpha value is -2.51. The van der Waals surface area contributed by atoms with Crippen LogP contribution in [0.4, 0.5) is 17.6 Å². The highest BCUT2D eigenvalue weighted by Crippen LogP contribution is 2.38. The van der Waals surface area contributed by atoms with Crippen molar-refractivity contribution in [1.29, 1.82) is 0 Å². The number of imidazole rings is 1. The fourth-order valence-electron chi connectivity index (χ4n) is 2.98. The van der Waals surface area contributed by atoms with E-state index in [2.05, 4.69) is 15.2 Å². The van der Waals surface area contributed by atoms with Crippen molar-refractivity contribution in [2.45, 2.75) is 12.3 Å². The van der Waals surface area contributed by atoms with E-state index in [1.165, 1.54) is 19.4 Å². The molecular formula is C20H14Cl2F4N4O3S. The molecule has 0 saturated carbocycles. The zero-order valence-corrected chi connectivity index (χ0v) is 19.4. The van der Waals surface area contributed by atoms with Crippen molar-refractivity contribution in [3.8, 4) is 27.0 Å². The number of alkyl halides is 3. The fourth-order valence-corrected chi connectivity index (χ4v) is 4.36. The quantitative estimate of drug-likeness (QED) is 0.320. The Labute approximate surface area is 203 Å². The average Bonchev–Trinajstić information content (AvgIpc) is 3.41. The molecule has 1 N–H and O–H groups in total. The average molecular weight is 537 g/mol. The number of aliphatic hydroxyl groups is 1. The summed E-state index contributed by atoms with van der Waals surface area (Å²) in [6, 6.07) is 3.15. The maximum absolute atomic E-state index is 14.5. The molecule has 1 aromatic carbocycles. The molecule has 0 aliphatic rings. The molecule has 7 nitrogen and oxygen atoms in total. The van der Waals surface area contributed by atoms with Crippen LogP contribution in [0.2, 0.25) is 10.0 Å². The van der Waals surface area contributed by atoms with Crippen molar-refractivity contribution in [3.63, 3.8) is 0 Å². The minimum absolute atomic E-state index is 0.0206. The molecule has 4 aromatic rings. The van der Waals surface area contributed by atoms with E-state index in [1.54, 1.807) is 0 Å². The minimum atomic E-state index is -4.57. The molecule has 0 spiro atoms. The Morgan fingerprint density at radius 3 is 2.53 bits per heavy atom. The highest BCUT2D eigenvalue weighted by Gasteiger charge is 2.32. The Kier molecular flexibility index (Phi) is 6.97. The zero-order chi connectivity index (χ0) is 24.6. The first-order valence-corrected chi connectivity index (χ1v) is 11.0. The number of fused-ring (bicyclic) bond motifs is 1. The summed E-state index contributed by atoms with van der Waals surface area (Å²) in [5, 5.41) is 18.1. The molecule has 1 unspecified atom stereocenters. The first-order valence-electron chi connectivity index (χ1n) is 9.45. The summed E-state index contributed by atoms with van der Waals surface area (Å²) in [7, 11) is 1.41. The first kappa shape index (κ1) is 24.6. The van der Waals surface area contributed by atoms with Gasteiger partial charge in [-0.2, -0.15) is 13.2 Å². The van der Waals surface area contributed by atoms with Crippen LogP contribution < -0.4 is 4.74 Å². The molecule has 34 heavy (non-hydrogen) atoms. The molecule has 0 bridgehead atoms.